The molecule has 28 heavy (non-hydrogen) atoms. The third-order valence-corrected chi connectivity index (χ3v) is 5.24. The van der Waals surface area contributed by atoms with Crippen LogP contribution in [0, 0.1) is 6.92 Å². The minimum atomic E-state index is -0.942. The maximum absolute atomic E-state index is 12.4. The van der Waals surface area contributed by atoms with Crippen molar-refractivity contribution in [3.05, 3.63) is 59.2 Å². The van der Waals surface area contributed by atoms with Crippen LogP contribution in [0.5, 0.6) is 0 Å². The van der Waals surface area contributed by atoms with Crippen molar-refractivity contribution in [1.29, 1.82) is 0 Å². The standard InChI is InChI=1S/C24H28N2O2/c1-6-26(7-2)23-22(24(27)28)21(18-10-8-9-17(14-18)15(3)4)19-13-16(5)11-12-20(19)25-23/h8-15H,6-7H2,1-5H3,(H,27,28). The third kappa shape index (κ3) is 3.59. The molecule has 0 aliphatic carbocycles. The van der Waals surface area contributed by atoms with Crippen molar-refractivity contribution in [1.82, 2.24) is 4.98 Å². The Balaban J connectivity index is 2.47. The van der Waals surface area contributed by atoms with Crippen LogP contribution < -0.4 is 4.90 Å². The van der Waals surface area contributed by atoms with E-state index in [0.717, 1.165) is 27.6 Å². The SMILES string of the molecule is CCN(CC)c1nc2ccc(C)cc2c(-c2cccc(C(C)C)c2)c1C(=O)O. The van der Waals surface area contributed by atoms with Crippen molar-refractivity contribution in [2.75, 3.05) is 18.0 Å². The lowest BCUT2D eigenvalue weighted by Gasteiger charge is -2.24. The molecule has 0 saturated heterocycles. The topological polar surface area (TPSA) is 53.4 Å². The fraction of sp³-hybridized carbons (Fsp3) is 0.333. The Kier molecular flexibility index (Phi) is 5.68. The fourth-order valence-electron chi connectivity index (χ4n) is 3.67. The number of carboxylic acids is 1. The number of aromatic carboxylic acids is 1. The van der Waals surface area contributed by atoms with Gasteiger partial charge in [0.1, 0.15) is 11.4 Å². The zero-order valence-corrected chi connectivity index (χ0v) is 17.3. The molecule has 0 amide bonds. The highest BCUT2D eigenvalue weighted by molar-refractivity contribution is 6.10. The summed E-state index contributed by atoms with van der Waals surface area (Å²) in [5, 5.41) is 11.1. The maximum atomic E-state index is 12.4. The van der Waals surface area contributed by atoms with E-state index in [1.807, 2.05) is 56.0 Å². The van der Waals surface area contributed by atoms with Crippen molar-refractivity contribution in [3.8, 4) is 11.1 Å². The van der Waals surface area contributed by atoms with Crippen molar-refractivity contribution >= 4 is 22.7 Å². The van der Waals surface area contributed by atoms with E-state index in [2.05, 4.69) is 26.0 Å². The molecule has 1 N–H and O–H groups in total. The Labute approximate surface area is 166 Å². The van der Waals surface area contributed by atoms with E-state index >= 15 is 0 Å². The molecular formula is C24H28N2O2. The molecule has 2 aromatic carbocycles. The second kappa shape index (κ2) is 8.01. The molecule has 0 unspecified atom stereocenters. The van der Waals surface area contributed by atoms with Gasteiger partial charge in [-0.15, -0.1) is 0 Å². The van der Waals surface area contributed by atoms with Gasteiger partial charge in [-0.25, -0.2) is 9.78 Å². The van der Waals surface area contributed by atoms with Crippen molar-refractivity contribution in [3.63, 3.8) is 0 Å². The van der Waals surface area contributed by atoms with E-state index in [-0.39, 0.29) is 5.56 Å². The molecule has 1 aromatic heterocycles. The molecule has 3 aromatic rings. The lowest BCUT2D eigenvalue weighted by Crippen LogP contribution is -2.26. The summed E-state index contributed by atoms with van der Waals surface area (Å²) in [5.74, 6) is -0.0353. The van der Waals surface area contributed by atoms with Gasteiger partial charge >= 0.3 is 5.97 Å². The van der Waals surface area contributed by atoms with Gasteiger partial charge in [0.2, 0.25) is 0 Å². The van der Waals surface area contributed by atoms with Crippen LogP contribution >= 0.6 is 0 Å². The Morgan fingerprint density at radius 2 is 1.82 bits per heavy atom. The number of carbonyl (C=O) groups is 1. The molecule has 0 atom stereocenters. The number of anilines is 1. The smallest absolute Gasteiger partial charge is 0.340 e. The maximum Gasteiger partial charge on any atom is 0.340 e. The zero-order chi connectivity index (χ0) is 20.4. The fourth-order valence-corrected chi connectivity index (χ4v) is 3.67. The van der Waals surface area contributed by atoms with E-state index in [1.54, 1.807) is 0 Å². The van der Waals surface area contributed by atoms with Gasteiger partial charge in [-0.2, -0.15) is 0 Å². The Morgan fingerprint density at radius 3 is 2.43 bits per heavy atom. The number of hydrogen-bond acceptors (Lipinski definition) is 3. The quantitative estimate of drug-likeness (QED) is 0.584. The summed E-state index contributed by atoms with van der Waals surface area (Å²) in [4.78, 5) is 19.2. The first kappa shape index (κ1) is 19.9. The third-order valence-electron chi connectivity index (χ3n) is 5.24. The Morgan fingerprint density at radius 1 is 1.11 bits per heavy atom. The Bertz CT molecular complexity index is 1020. The van der Waals surface area contributed by atoms with Gasteiger partial charge in [-0.1, -0.05) is 49.7 Å². The summed E-state index contributed by atoms with van der Waals surface area (Å²) < 4.78 is 0. The van der Waals surface area contributed by atoms with E-state index in [1.165, 1.54) is 5.56 Å². The highest BCUT2D eigenvalue weighted by Gasteiger charge is 2.24. The molecule has 4 heteroatoms. The zero-order valence-electron chi connectivity index (χ0n) is 17.3. The van der Waals surface area contributed by atoms with Crippen LogP contribution in [-0.2, 0) is 0 Å². The largest absolute Gasteiger partial charge is 0.478 e. The highest BCUT2D eigenvalue weighted by atomic mass is 16.4. The average Bonchev–Trinajstić information content (AvgIpc) is 2.68. The molecule has 3 rings (SSSR count). The summed E-state index contributed by atoms with van der Waals surface area (Å²) in [6, 6.07) is 14.3. The van der Waals surface area contributed by atoms with Crippen LogP contribution in [0.4, 0.5) is 5.82 Å². The second-order valence-electron chi connectivity index (χ2n) is 7.46. The van der Waals surface area contributed by atoms with Gasteiger partial charge in [0.25, 0.3) is 0 Å². The van der Waals surface area contributed by atoms with Crippen LogP contribution in [0.25, 0.3) is 22.0 Å². The molecular weight excluding hydrogens is 348 g/mol. The molecule has 146 valence electrons. The average molecular weight is 377 g/mol. The van der Waals surface area contributed by atoms with Crippen LogP contribution in [0.15, 0.2) is 42.5 Å². The number of fused-ring (bicyclic) bond motifs is 1. The molecule has 0 aliphatic heterocycles. The number of aryl methyl sites for hydroxylation is 1. The number of aromatic nitrogens is 1. The van der Waals surface area contributed by atoms with Gasteiger partial charge in [0, 0.05) is 24.0 Å². The normalized spacial score (nSPS) is 11.2. The predicted molar refractivity (Wildman–Crippen MR) is 117 cm³/mol. The van der Waals surface area contributed by atoms with Crippen LogP contribution in [0.2, 0.25) is 0 Å². The first-order chi connectivity index (χ1) is 13.4. The van der Waals surface area contributed by atoms with Crippen molar-refractivity contribution < 1.29 is 9.90 Å². The van der Waals surface area contributed by atoms with Gasteiger partial charge in [-0.05, 0) is 49.9 Å². The second-order valence-corrected chi connectivity index (χ2v) is 7.46. The van der Waals surface area contributed by atoms with E-state index in [4.69, 9.17) is 4.98 Å². The van der Waals surface area contributed by atoms with Gasteiger partial charge < -0.3 is 10.0 Å². The molecule has 0 aliphatic rings. The van der Waals surface area contributed by atoms with E-state index in [9.17, 15) is 9.90 Å². The number of rotatable bonds is 6. The number of benzene rings is 2. The van der Waals surface area contributed by atoms with Gasteiger partial charge in [0.15, 0.2) is 0 Å². The van der Waals surface area contributed by atoms with Crippen LogP contribution in [0.3, 0.4) is 0 Å². The predicted octanol–water partition coefficient (Wildman–Crippen LogP) is 5.88. The van der Waals surface area contributed by atoms with Crippen LogP contribution in [-0.4, -0.2) is 29.1 Å². The lowest BCUT2D eigenvalue weighted by atomic mass is 9.91. The number of hydrogen-bond donors (Lipinski definition) is 1. The molecule has 0 radical (unpaired) electrons. The summed E-state index contributed by atoms with van der Waals surface area (Å²) in [6.07, 6.45) is 0. The highest BCUT2D eigenvalue weighted by Crippen LogP contribution is 2.38. The molecule has 0 spiro atoms. The lowest BCUT2D eigenvalue weighted by molar-refractivity contribution is 0.0698. The minimum Gasteiger partial charge on any atom is -0.478 e. The van der Waals surface area contributed by atoms with Crippen molar-refractivity contribution in [2.45, 2.75) is 40.5 Å². The molecule has 0 bridgehead atoms. The number of pyridine rings is 1. The minimum absolute atomic E-state index is 0.280. The summed E-state index contributed by atoms with van der Waals surface area (Å²) >= 11 is 0. The first-order valence-corrected chi connectivity index (χ1v) is 9.90. The number of carboxylic acid groups (broad SMARTS) is 1. The van der Waals surface area contributed by atoms with E-state index in [0.29, 0.717) is 24.8 Å². The number of nitrogens with zero attached hydrogens (tertiary/aromatic N) is 2. The summed E-state index contributed by atoms with van der Waals surface area (Å²) in [5.41, 5.74) is 5.06. The molecule has 4 nitrogen and oxygen atoms in total. The monoisotopic (exact) mass is 376 g/mol. The van der Waals surface area contributed by atoms with Crippen LogP contribution in [0.1, 0.15) is 55.1 Å². The molecule has 1 heterocycles. The van der Waals surface area contributed by atoms with Gasteiger partial charge in [0.05, 0.1) is 5.52 Å². The summed E-state index contributed by atoms with van der Waals surface area (Å²) in [7, 11) is 0. The van der Waals surface area contributed by atoms with Crippen molar-refractivity contribution in [2.24, 2.45) is 0 Å². The molecule has 0 saturated carbocycles. The summed E-state index contributed by atoms with van der Waals surface area (Å²) in [6.45, 7) is 11.8. The molecule has 0 fully saturated rings. The van der Waals surface area contributed by atoms with E-state index < -0.39 is 5.97 Å². The Hall–Kier alpha value is -2.88. The first-order valence-electron chi connectivity index (χ1n) is 9.90. The van der Waals surface area contributed by atoms with Gasteiger partial charge in [-0.3, -0.25) is 0 Å².